The lowest BCUT2D eigenvalue weighted by Gasteiger charge is -2.38. The summed E-state index contributed by atoms with van der Waals surface area (Å²) >= 11 is 0. The van der Waals surface area contributed by atoms with Crippen LogP contribution in [0.5, 0.6) is 0 Å². The Kier molecular flexibility index (Phi) is 14.1. The average Bonchev–Trinajstić information content (AvgIpc) is 3.09. The van der Waals surface area contributed by atoms with Crippen molar-refractivity contribution in [2.24, 2.45) is 29.4 Å². The van der Waals surface area contributed by atoms with Crippen molar-refractivity contribution in [1.82, 2.24) is 10.2 Å². The molecule has 0 aromatic heterocycles. The molecule has 4 aromatic carbocycles. The highest BCUT2D eigenvalue weighted by atomic mass is 16.3. The second kappa shape index (κ2) is 18.2. The molecule has 7 nitrogen and oxygen atoms in total. The van der Waals surface area contributed by atoms with E-state index >= 15 is 4.79 Å². The quantitative estimate of drug-likeness (QED) is 0.107. The number of hydrogen-bond acceptors (Lipinski definition) is 5. The van der Waals surface area contributed by atoms with Gasteiger partial charge in [-0.15, -0.1) is 0 Å². The van der Waals surface area contributed by atoms with Gasteiger partial charge in [-0.3, -0.25) is 19.3 Å². The summed E-state index contributed by atoms with van der Waals surface area (Å²) in [5.41, 5.74) is 8.58. The van der Waals surface area contributed by atoms with Crippen LogP contribution in [0.4, 0.5) is 0 Å². The first-order chi connectivity index (χ1) is 23.9. The molecular weight excluding hydrogens is 622 g/mol. The molecule has 0 saturated carbocycles. The third kappa shape index (κ3) is 10.2. The lowest BCUT2D eigenvalue weighted by atomic mass is 9.86. The van der Waals surface area contributed by atoms with Crippen LogP contribution in [0.1, 0.15) is 78.4 Å². The molecule has 0 aliphatic heterocycles. The molecule has 1 unspecified atom stereocenters. The van der Waals surface area contributed by atoms with Gasteiger partial charge in [0.25, 0.3) is 0 Å². The number of aliphatic hydroxyl groups excluding tert-OH is 1. The highest BCUT2D eigenvalue weighted by molar-refractivity contribution is 6.00. The Hall–Kier alpha value is -4.07. The first-order valence-electron chi connectivity index (χ1n) is 18.4. The molecule has 0 radical (unpaired) electrons. The molecule has 7 heteroatoms. The van der Waals surface area contributed by atoms with Crippen LogP contribution in [0.2, 0.25) is 0 Å². The molecule has 0 saturated heterocycles. The van der Waals surface area contributed by atoms with Crippen LogP contribution in [-0.2, 0) is 27.2 Å². The molecule has 0 spiro atoms. The standard InChI is InChI=1S/C43H57N3O4/c1-7-30(6)27-45-41(48)26-40(47)39(23-29(4)5)46(43(50)38(44)22-28(2)3)42(49)35(24-33-18-12-16-31-14-8-10-20-36(31)33)25-34-19-13-17-32-15-9-11-21-37(32)34/h8-21,28-30,35,38-40,47H,7,22-27,44H2,1-6H3,(H,45,48)/t30?,38-,39-,40-/m0/s1. The maximum absolute atomic E-state index is 15.3. The van der Waals surface area contributed by atoms with Crippen molar-refractivity contribution in [1.29, 1.82) is 0 Å². The van der Waals surface area contributed by atoms with Crippen LogP contribution in [-0.4, -0.2) is 52.5 Å². The predicted molar refractivity (Wildman–Crippen MR) is 204 cm³/mol. The zero-order chi connectivity index (χ0) is 36.4. The highest BCUT2D eigenvalue weighted by Gasteiger charge is 2.41. The van der Waals surface area contributed by atoms with Gasteiger partial charge < -0.3 is 16.2 Å². The number of carbonyl (C=O) groups excluding carboxylic acids is 3. The normalized spacial score (nSPS) is 14.2. The molecule has 3 amide bonds. The fourth-order valence-corrected chi connectivity index (χ4v) is 6.89. The third-order valence-electron chi connectivity index (χ3n) is 9.79. The number of nitrogens with zero attached hydrogens (tertiary/aromatic N) is 1. The number of carbonyl (C=O) groups is 3. The molecule has 0 aliphatic carbocycles. The molecule has 4 aromatic rings. The largest absolute Gasteiger partial charge is 0.390 e. The van der Waals surface area contributed by atoms with Crippen LogP contribution in [0, 0.1) is 23.7 Å². The Morgan fingerprint density at radius 3 is 1.72 bits per heavy atom. The van der Waals surface area contributed by atoms with Crippen LogP contribution in [0.15, 0.2) is 84.9 Å². The minimum absolute atomic E-state index is 0.0248. The monoisotopic (exact) mass is 679 g/mol. The molecule has 0 bridgehead atoms. The highest BCUT2D eigenvalue weighted by Crippen LogP contribution is 2.30. The second-order valence-electron chi connectivity index (χ2n) is 15.0. The van der Waals surface area contributed by atoms with E-state index in [4.69, 9.17) is 5.73 Å². The third-order valence-corrected chi connectivity index (χ3v) is 9.79. The minimum atomic E-state index is -1.26. The number of nitrogens with one attached hydrogen (secondary N) is 1. The topological polar surface area (TPSA) is 113 Å². The van der Waals surface area contributed by atoms with E-state index in [1.54, 1.807) is 0 Å². The fraction of sp³-hybridized carbons (Fsp3) is 0.465. The van der Waals surface area contributed by atoms with Gasteiger partial charge in [0.1, 0.15) is 0 Å². The van der Waals surface area contributed by atoms with E-state index in [2.05, 4.69) is 55.6 Å². The number of rotatable bonds is 17. The zero-order valence-corrected chi connectivity index (χ0v) is 30.8. The van der Waals surface area contributed by atoms with Crippen LogP contribution >= 0.6 is 0 Å². The maximum atomic E-state index is 15.3. The molecule has 4 rings (SSSR count). The molecule has 268 valence electrons. The van der Waals surface area contributed by atoms with Crippen molar-refractivity contribution in [3.8, 4) is 0 Å². The smallest absolute Gasteiger partial charge is 0.246 e. The van der Waals surface area contributed by atoms with Crippen LogP contribution < -0.4 is 11.1 Å². The summed E-state index contributed by atoms with van der Waals surface area (Å²) in [6.45, 7) is 12.6. The van der Waals surface area contributed by atoms with Gasteiger partial charge in [-0.05, 0) is 76.1 Å². The van der Waals surface area contributed by atoms with E-state index in [1.807, 2.05) is 76.2 Å². The van der Waals surface area contributed by atoms with E-state index in [-0.39, 0.29) is 30.1 Å². The Balaban J connectivity index is 1.81. The van der Waals surface area contributed by atoms with Crippen molar-refractivity contribution in [3.63, 3.8) is 0 Å². The molecule has 4 atom stereocenters. The van der Waals surface area contributed by atoms with Crippen LogP contribution in [0.3, 0.4) is 0 Å². The van der Waals surface area contributed by atoms with Gasteiger partial charge in [-0.25, -0.2) is 0 Å². The first kappa shape index (κ1) is 38.7. The lowest BCUT2D eigenvalue weighted by molar-refractivity contribution is -0.156. The summed E-state index contributed by atoms with van der Waals surface area (Å²) in [6, 6.07) is 26.6. The SMILES string of the molecule is CCC(C)CNC(=O)C[C@H](O)[C@H](CC(C)C)N(C(=O)C(Cc1cccc2ccccc12)Cc1cccc2ccccc12)C(=O)[C@@H](N)CC(C)C. The maximum Gasteiger partial charge on any atom is 0.246 e. The zero-order valence-electron chi connectivity index (χ0n) is 30.8. The summed E-state index contributed by atoms with van der Waals surface area (Å²) in [7, 11) is 0. The molecule has 0 heterocycles. The Labute approximate surface area is 298 Å². The van der Waals surface area contributed by atoms with E-state index in [0.29, 0.717) is 38.1 Å². The fourth-order valence-electron chi connectivity index (χ4n) is 6.89. The predicted octanol–water partition coefficient (Wildman–Crippen LogP) is 7.45. The van der Waals surface area contributed by atoms with Crippen molar-refractivity contribution in [2.45, 2.75) is 98.3 Å². The van der Waals surface area contributed by atoms with Gasteiger partial charge in [0.15, 0.2) is 0 Å². The van der Waals surface area contributed by atoms with Gasteiger partial charge >= 0.3 is 0 Å². The lowest BCUT2D eigenvalue weighted by Crippen LogP contribution is -2.58. The summed E-state index contributed by atoms with van der Waals surface area (Å²) in [5, 5.41) is 19.0. The number of hydrogen-bond donors (Lipinski definition) is 3. The number of nitrogens with two attached hydrogens (primary N) is 1. The van der Waals surface area contributed by atoms with Crippen LogP contribution in [0.25, 0.3) is 21.5 Å². The Morgan fingerprint density at radius 1 is 0.720 bits per heavy atom. The van der Waals surface area contributed by atoms with Gasteiger partial charge in [0.2, 0.25) is 17.7 Å². The van der Waals surface area contributed by atoms with Gasteiger partial charge in [0, 0.05) is 12.5 Å². The van der Waals surface area contributed by atoms with Crippen molar-refractivity contribution in [3.05, 3.63) is 96.1 Å². The molecule has 50 heavy (non-hydrogen) atoms. The Bertz CT molecular complexity index is 1640. The number of fused-ring (bicyclic) bond motifs is 2. The summed E-state index contributed by atoms with van der Waals surface area (Å²) in [4.78, 5) is 44.1. The van der Waals surface area contributed by atoms with Gasteiger partial charge in [0.05, 0.1) is 24.6 Å². The Morgan fingerprint density at radius 2 is 1.22 bits per heavy atom. The van der Waals surface area contributed by atoms with E-state index in [1.165, 1.54) is 4.90 Å². The summed E-state index contributed by atoms with van der Waals surface area (Å²) < 4.78 is 0. The molecule has 0 aliphatic rings. The summed E-state index contributed by atoms with van der Waals surface area (Å²) in [5.74, 6) is -1.40. The number of amides is 3. The van der Waals surface area contributed by atoms with Crippen molar-refractivity contribution in [2.75, 3.05) is 6.54 Å². The number of benzene rings is 4. The van der Waals surface area contributed by atoms with E-state index in [0.717, 1.165) is 39.1 Å². The molecule has 4 N–H and O–H groups in total. The number of aliphatic hydroxyl groups is 1. The summed E-state index contributed by atoms with van der Waals surface area (Å²) in [6.07, 6.45) is 0.920. The first-order valence-corrected chi connectivity index (χ1v) is 18.4. The minimum Gasteiger partial charge on any atom is -0.390 e. The molecule has 0 fully saturated rings. The van der Waals surface area contributed by atoms with Crippen molar-refractivity contribution < 1.29 is 19.5 Å². The van der Waals surface area contributed by atoms with Gasteiger partial charge in [-0.2, -0.15) is 0 Å². The van der Waals surface area contributed by atoms with E-state index in [9.17, 15) is 14.7 Å². The van der Waals surface area contributed by atoms with E-state index < -0.39 is 30.0 Å². The van der Waals surface area contributed by atoms with Gasteiger partial charge in [-0.1, -0.05) is 133 Å². The molecular formula is C43H57N3O4. The average molecular weight is 680 g/mol. The second-order valence-corrected chi connectivity index (χ2v) is 15.0. The van der Waals surface area contributed by atoms with Crippen molar-refractivity contribution >= 4 is 39.3 Å². The number of imide groups is 1.